The zero-order valence-electron chi connectivity index (χ0n) is 15.2. The largest absolute Gasteiger partial charge is 0.339 e. The van der Waals surface area contributed by atoms with Gasteiger partial charge in [0.15, 0.2) is 0 Å². The van der Waals surface area contributed by atoms with E-state index < -0.39 is 0 Å². The summed E-state index contributed by atoms with van der Waals surface area (Å²) >= 11 is 0. The number of hydrogen-bond donors (Lipinski definition) is 0. The Balaban J connectivity index is 1.66. The van der Waals surface area contributed by atoms with E-state index in [0.29, 0.717) is 0 Å². The minimum atomic E-state index is 0.220. The second-order valence-corrected chi connectivity index (χ2v) is 7.41. The maximum Gasteiger partial charge on any atom is 0.253 e. The van der Waals surface area contributed by atoms with Gasteiger partial charge in [0.25, 0.3) is 5.91 Å². The Morgan fingerprint density at radius 1 is 1.08 bits per heavy atom. The van der Waals surface area contributed by atoms with Crippen molar-refractivity contribution in [3.63, 3.8) is 0 Å². The number of hydrogen-bond acceptors (Lipinski definition) is 2. The van der Waals surface area contributed by atoms with Gasteiger partial charge in [0.1, 0.15) is 0 Å². The molecule has 0 aromatic heterocycles. The quantitative estimate of drug-likeness (QED) is 0.796. The van der Waals surface area contributed by atoms with Crippen LogP contribution in [0, 0.1) is 0 Å². The molecule has 0 bridgehead atoms. The zero-order valence-corrected chi connectivity index (χ0v) is 15.2. The van der Waals surface area contributed by atoms with Crippen LogP contribution in [0.4, 0.5) is 0 Å². The molecule has 1 saturated heterocycles. The van der Waals surface area contributed by atoms with E-state index >= 15 is 0 Å². The minimum absolute atomic E-state index is 0.220. The summed E-state index contributed by atoms with van der Waals surface area (Å²) in [5, 5.41) is 0. The Morgan fingerprint density at radius 2 is 1.79 bits per heavy atom. The Labute approximate surface area is 147 Å². The number of likely N-dealkylation sites (tertiary alicyclic amines) is 1. The number of benzene rings is 1. The highest BCUT2D eigenvalue weighted by Crippen LogP contribution is 2.24. The molecule has 0 spiro atoms. The lowest BCUT2D eigenvalue weighted by Crippen LogP contribution is -2.36. The van der Waals surface area contributed by atoms with Crippen LogP contribution in [0.25, 0.3) is 0 Å². The fourth-order valence-corrected chi connectivity index (χ4v) is 4.26. The van der Waals surface area contributed by atoms with Gasteiger partial charge in [-0.3, -0.25) is 9.69 Å². The maximum absolute atomic E-state index is 12.7. The molecule has 2 fully saturated rings. The molecule has 1 saturated carbocycles. The maximum atomic E-state index is 12.7. The van der Waals surface area contributed by atoms with Gasteiger partial charge in [0.05, 0.1) is 0 Å². The van der Waals surface area contributed by atoms with Crippen LogP contribution in [0.5, 0.6) is 0 Å². The van der Waals surface area contributed by atoms with Gasteiger partial charge in [-0.15, -0.1) is 0 Å². The number of carbonyl (C=O) groups is 1. The lowest BCUT2D eigenvalue weighted by molar-refractivity contribution is 0.0724. The predicted molar refractivity (Wildman–Crippen MR) is 99.2 cm³/mol. The molecule has 1 aliphatic heterocycles. The van der Waals surface area contributed by atoms with E-state index in [9.17, 15) is 4.79 Å². The molecule has 3 rings (SSSR count). The van der Waals surface area contributed by atoms with Crippen LogP contribution in [0.1, 0.15) is 74.2 Å². The molecule has 2 aliphatic rings. The average molecular weight is 329 g/mol. The molecule has 1 aromatic rings. The van der Waals surface area contributed by atoms with E-state index in [0.717, 1.165) is 50.6 Å². The summed E-state index contributed by atoms with van der Waals surface area (Å²) < 4.78 is 0. The fraction of sp³-hybridized carbons (Fsp3) is 0.667. The number of rotatable bonds is 5. The van der Waals surface area contributed by atoms with Gasteiger partial charge in [-0.25, -0.2) is 0 Å². The van der Waals surface area contributed by atoms with E-state index in [1.54, 1.807) is 0 Å². The van der Waals surface area contributed by atoms with Crippen LogP contribution in [0.15, 0.2) is 24.3 Å². The van der Waals surface area contributed by atoms with Crippen LogP contribution in [-0.4, -0.2) is 41.4 Å². The van der Waals surface area contributed by atoms with Gasteiger partial charge in [0, 0.05) is 31.2 Å². The molecule has 3 nitrogen and oxygen atoms in total. The average Bonchev–Trinajstić information content (AvgIpc) is 2.67. The van der Waals surface area contributed by atoms with E-state index in [2.05, 4.69) is 30.0 Å². The van der Waals surface area contributed by atoms with Crippen LogP contribution in [0.2, 0.25) is 0 Å². The molecule has 1 heterocycles. The summed E-state index contributed by atoms with van der Waals surface area (Å²) in [6, 6.07) is 9.07. The first-order chi connectivity index (χ1) is 11.8. The van der Waals surface area contributed by atoms with Gasteiger partial charge < -0.3 is 4.90 Å². The number of carbonyl (C=O) groups excluding carboxylic acids is 1. The van der Waals surface area contributed by atoms with Crippen molar-refractivity contribution in [2.45, 2.75) is 70.9 Å². The van der Waals surface area contributed by atoms with Gasteiger partial charge in [0.2, 0.25) is 0 Å². The Hall–Kier alpha value is -1.35. The number of nitrogens with zero attached hydrogens (tertiary/aromatic N) is 2. The Bertz CT molecular complexity index is 530. The molecule has 0 radical (unpaired) electrons. The predicted octanol–water partition coefficient (Wildman–Crippen LogP) is 4.47. The molecular formula is C21H32N2O. The van der Waals surface area contributed by atoms with Crippen LogP contribution in [-0.2, 0) is 6.54 Å². The van der Waals surface area contributed by atoms with Crippen molar-refractivity contribution >= 4 is 5.91 Å². The third-order valence-corrected chi connectivity index (χ3v) is 5.70. The molecule has 1 aliphatic carbocycles. The summed E-state index contributed by atoms with van der Waals surface area (Å²) in [4.78, 5) is 17.4. The Kier molecular flexibility index (Phi) is 6.30. The van der Waals surface area contributed by atoms with Crippen molar-refractivity contribution in [2.75, 3.05) is 19.6 Å². The first-order valence-corrected chi connectivity index (χ1v) is 9.90. The highest BCUT2D eigenvalue weighted by atomic mass is 16.2. The lowest BCUT2D eigenvalue weighted by Gasteiger charge is -2.33. The standard InChI is InChI=1S/C21H32N2O/c1-2-22(20-12-5-3-6-13-20)17-18-10-9-11-19(16-18)21(24)23-14-7-4-8-15-23/h9-11,16,20H,2-8,12-15,17H2,1H3. The van der Waals surface area contributed by atoms with Crippen LogP contribution in [0.3, 0.4) is 0 Å². The van der Waals surface area contributed by atoms with Crippen molar-refractivity contribution in [1.29, 1.82) is 0 Å². The lowest BCUT2D eigenvalue weighted by atomic mass is 9.94. The summed E-state index contributed by atoms with van der Waals surface area (Å²) in [5.74, 6) is 0.220. The summed E-state index contributed by atoms with van der Waals surface area (Å²) in [6.07, 6.45) is 10.4. The monoisotopic (exact) mass is 328 g/mol. The van der Waals surface area contributed by atoms with E-state index in [-0.39, 0.29) is 5.91 Å². The molecule has 1 amide bonds. The minimum Gasteiger partial charge on any atom is -0.339 e. The van der Waals surface area contributed by atoms with Gasteiger partial charge in [-0.2, -0.15) is 0 Å². The first-order valence-electron chi connectivity index (χ1n) is 9.90. The third kappa shape index (κ3) is 4.38. The second kappa shape index (κ2) is 8.66. The van der Waals surface area contributed by atoms with Gasteiger partial charge >= 0.3 is 0 Å². The normalized spacial score (nSPS) is 19.7. The summed E-state index contributed by atoms with van der Waals surface area (Å²) in [5.41, 5.74) is 2.15. The van der Waals surface area contributed by atoms with Crippen LogP contribution >= 0.6 is 0 Å². The third-order valence-electron chi connectivity index (χ3n) is 5.70. The molecule has 0 N–H and O–H groups in total. The van der Waals surface area contributed by atoms with Crippen LogP contribution < -0.4 is 0 Å². The van der Waals surface area contributed by atoms with Crippen molar-refractivity contribution in [3.05, 3.63) is 35.4 Å². The smallest absolute Gasteiger partial charge is 0.253 e. The number of amides is 1. The van der Waals surface area contributed by atoms with Crippen molar-refractivity contribution in [1.82, 2.24) is 9.80 Å². The molecule has 1 aromatic carbocycles. The topological polar surface area (TPSA) is 23.6 Å². The molecular weight excluding hydrogens is 296 g/mol. The number of piperidine rings is 1. The SMILES string of the molecule is CCN(Cc1cccc(C(=O)N2CCCCC2)c1)C1CCCCC1. The second-order valence-electron chi connectivity index (χ2n) is 7.41. The molecule has 132 valence electrons. The van der Waals surface area contributed by atoms with Crippen molar-refractivity contribution < 1.29 is 4.79 Å². The first kappa shape index (κ1) is 17.5. The summed E-state index contributed by atoms with van der Waals surface area (Å²) in [7, 11) is 0. The van der Waals surface area contributed by atoms with E-state index in [1.165, 1.54) is 44.1 Å². The molecule has 0 atom stereocenters. The fourth-order valence-electron chi connectivity index (χ4n) is 4.26. The Morgan fingerprint density at radius 3 is 2.50 bits per heavy atom. The zero-order chi connectivity index (χ0) is 16.8. The van der Waals surface area contributed by atoms with E-state index in [4.69, 9.17) is 0 Å². The van der Waals surface area contributed by atoms with E-state index in [1.807, 2.05) is 11.0 Å². The van der Waals surface area contributed by atoms with Gasteiger partial charge in [-0.05, 0) is 56.3 Å². The molecule has 24 heavy (non-hydrogen) atoms. The highest BCUT2D eigenvalue weighted by Gasteiger charge is 2.21. The summed E-state index contributed by atoms with van der Waals surface area (Å²) in [6.45, 7) is 6.17. The molecule has 3 heteroatoms. The van der Waals surface area contributed by atoms with Crippen molar-refractivity contribution in [3.8, 4) is 0 Å². The molecule has 0 unspecified atom stereocenters. The van der Waals surface area contributed by atoms with Crippen molar-refractivity contribution in [2.24, 2.45) is 0 Å². The van der Waals surface area contributed by atoms with Gasteiger partial charge in [-0.1, -0.05) is 38.3 Å². The highest BCUT2D eigenvalue weighted by molar-refractivity contribution is 5.94.